The highest BCUT2D eigenvalue weighted by Gasteiger charge is 2.52. The van der Waals surface area contributed by atoms with E-state index in [-0.39, 0.29) is 29.3 Å². The molecule has 166 valence electrons. The molecule has 1 N–H and O–H groups in total. The molecule has 2 aliphatic heterocycles. The fourth-order valence-corrected chi connectivity index (χ4v) is 6.25. The van der Waals surface area contributed by atoms with Crippen LogP contribution < -0.4 is 14.5 Å². The van der Waals surface area contributed by atoms with Gasteiger partial charge in [-0.15, -0.1) is 0 Å². The summed E-state index contributed by atoms with van der Waals surface area (Å²) in [6.45, 7) is 9.62. The maximum absolute atomic E-state index is 12.9. The molecule has 31 heavy (non-hydrogen) atoms. The van der Waals surface area contributed by atoms with Crippen molar-refractivity contribution in [1.29, 1.82) is 0 Å². The molecule has 4 aliphatic rings. The number of ether oxygens (including phenoxy) is 2. The zero-order valence-electron chi connectivity index (χ0n) is 19.0. The van der Waals surface area contributed by atoms with Crippen LogP contribution >= 0.6 is 0 Å². The number of nitrogens with zero attached hydrogens (tertiary/aromatic N) is 1. The van der Waals surface area contributed by atoms with Crippen LogP contribution in [0.4, 0.5) is 5.69 Å². The average molecular weight is 424 g/mol. The third kappa shape index (κ3) is 3.78. The topological polar surface area (TPSA) is 43.2 Å². The van der Waals surface area contributed by atoms with E-state index >= 15 is 0 Å². The number of allylic oxidation sites excluding steroid dienone is 3. The standard InChI is InChI=1S/C26H34N2O3/c1-18-5-4-10-26(2)16-24-21(15-23(18)26)22(25(29)31-24)17-27-11-13-28(14-12-27)19-6-8-20(30-3)9-7-19/h5-9,15,21-22,24H,4,10-14,16-17H2,1-3H3/p+1/t21-,22-,24-,26-/m1/s1. The van der Waals surface area contributed by atoms with Crippen LogP contribution in [0.2, 0.25) is 0 Å². The fourth-order valence-electron chi connectivity index (χ4n) is 6.25. The molecular weight excluding hydrogens is 388 g/mol. The van der Waals surface area contributed by atoms with Gasteiger partial charge in [0, 0.05) is 11.6 Å². The number of fused-ring (bicyclic) bond motifs is 2. The zero-order valence-corrected chi connectivity index (χ0v) is 19.0. The Balaban J connectivity index is 1.25. The van der Waals surface area contributed by atoms with Crippen molar-refractivity contribution in [3.63, 3.8) is 0 Å². The molecule has 1 aromatic rings. The molecule has 5 rings (SSSR count). The van der Waals surface area contributed by atoms with Crippen LogP contribution in [0.3, 0.4) is 0 Å². The van der Waals surface area contributed by atoms with Crippen molar-refractivity contribution in [2.75, 3.05) is 44.7 Å². The Labute approximate surface area is 185 Å². The van der Waals surface area contributed by atoms with Crippen molar-refractivity contribution in [1.82, 2.24) is 0 Å². The number of piperazine rings is 1. The van der Waals surface area contributed by atoms with Crippen LogP contribution in [0.5, 0.6) is 5.75 Å². The van der Waals surface area contributed by atoms with Crippen LogP contribution in [0, 0.1) is 17.3 Å². The molecule has 2 heterocycles. The van der Waals surface area contributed by atoms with E-state index in [0.717, 1.165) is 51.3 Å². The van der Waals surface area contributed by atoms with Crippen LogP contribution in [0.25, 0.3) is 0 Å². The van der Waals surface area contributed by atoms with Crippen molar-refractivity contribution >= 4 is 11.7 Å². The highest BCUT2D eigenvalue weighted by atomic mass is 16.6. The SMILES string of the molecule is COc1ccc(N2CC[NH+](C[C@H]3C(=O)O[C@@H]4C[C@@]5(C)CCC=C(C)C5=C[C@@H]43)CC2)cc1. The van der Waals surface area contributed by atoms with Crippen LogP contribution in [0.15, 0.2) is 47.6 Å². The zero-order chi connectivity index (χ0) is 21.6. The summed E-state index contributed by atoms with van der Waals surface area (Å²) in [4.78, 5) is 16.8. The van der Waals surface area contributed by atoms with Gasteiger partial charge in [-0.25, -0.2) is 0 Å². The third-order valence-electron chi connectivity index (χ3n) is 8.11. The number of carbonyl (C=O) groups excluding carboxylic acids is 1. The monoisotopic (exact) mass is 423 g/mol. The maximum Gasteiger partial charge on any atom is 0.315 e. The van der Waals surface area contributed by atoms with Gasteiger partial charge in [-0.3, -0.25) is 4.79 Å². The minimum absolute atomic E-state index is 0.000636. The first-order chi connectivity index (χ1) is 15.0. The molecule has 1 aromatic carbocycles. The van der Waals surface area contributed by atoms with Crippen molar-refractivity contribution < 1.29 is 19.2 Å². The smallest absolute Gasteiger partial charge is 0.315 e. The van der Waals surface area contributed by atoms with Crippen LogP contribution in [-0.4, -0.2) is 51.9 Å². The molecule has 2 fully saturated rings. The van der Waals surface area contributed by atoms with E-state index in [9.17, 15) is 4.79 Å². The second kappa shape index (κ2) is 8.01. The normalized spacial score (nSPS) is 33.2. The minimum atomic E-state index is -0.000636. The van der Waals surface area contributed by atoms with Gasteiger partial charge in [0.25, 0.3) is 0 Å². The molecule has 0 saturated carbocycles. The molecule has 0 spiro atoms. The highest BCUT2D eigenvalue weighted by Crippen LogP contribution is 2.52. The van der Waals surface area contributed by atoms with E-state index in [1.54, 1.807) is 7.11 Å². The second-order valence-corrected chi connectivity index (χ2v) is 10.1. The Morgan fingerprint density at radius 1 is 1.23 bits per heavy atom. The summed E-state index contributed by atoms with van der Waals surface area (Å²) in [5, 5.41) is 0. The predicted octanol–water partition coefficient (Wildman–Crippen LogP) is 2.63. The quantitative estimate of drug-likeness (QED) is 0.757. The Hall–Kier alpha value is -2.27. The molecular formula is C26H35N2O3+. The molecule has 5 heteroatoms. The maximum atomic E-state index is 12.9. The minimum Gasteiger partial charge on any atom is -0.497 e. The lowest BCUT2D eigenvalue weighted by Crippen LogP contribution is -3.15. The Bertz CT molecular complexity index is 898. The second-order valence-electron chi connectivity index (χ2n) is 10.1. The summed E-state index contributed by atoms with van der Waals surface area (Å²) in [5.74, 6) is 1.16. The first-order valence-corrected chi connectivity index (χ1v) is 11.8. The third-order valence-corrected chi connectivity index (χ3v) is 8.11. The van der Waals surface area contributed by atoms with Crippen LogP contribution in [-0.2, 0) is 9.53 Å². The van der Waals surface area contributed by atoms with E-state index in [0.29, 0.717) is 0 Å². The van der Waals surface area contributed by atoms with Gasteiger partial charge in [0.2, 0.25) is 0 Å². The van der Waals surface area contributed by atoms with Crippen LogP contribution in [0.1, 0.15) is 33.1 Å². The lowest BCUT2D eigenvalue weighted by molar-refractivity contribution is -0.903. The largest absolute Gasteiger partial charge is 0.497 e. The first kappa shape index (κ1) is 20.6. The number of quaternary nitrogens is 1. The van der Waals surface area contributed by atoms with Gasteiger partial charge in [-0.2, -0.15) is 0 Å². The number of hydrogen-bond acceptors (Lipinski definition) is 4. The summed E-state index contributed by atoms with van der Waals surface area (Å²) in [6.07, 6.45) is 8.14. The van der Waals surface area contributed by atoms with Gasteiger partial charge in [-0.05, 0) is 61.4 Å². The summed E-state index contributed by atoms with van der Waals surface area (Å²) >= 11 is 0. The number of anilines is 1. The summed E-state index contributed by atoms with van der Waals surface area (Å²) in [6, 6.07) is 8.31. The molecule has 2 aliphatic carbocycles. The molecule has 2 saturated heterocycles. The number of carbonyl (C=O) groups is 1. The van der Waals surface area contributed by atoms with E-state index in [2.05, 4.69) is 43.0 Å². The highest BCUT2D eigenvalue weighted by molar-refractivity contribution is 5.76. The van der Waals surface area contributed by atoms with Gasteiger partial charge in [0.1, 0.15) is 17.8 Å². The molecule has 0 aromatic heterocycles. The van der Waals surface area contributed by atoms with E-state index in [1.165, 1.54) is 28.2 Å². The van der Waals surface area contributed by atoms with Gasteiger partial charge < -0.3 is 19.3 Å². The molecule has 4 atom stereocenters. The molecule has 0 unspecified atom stereocenters. The molecule has 0 radical (unpaired) electrons. The van der Waals surface area contributed by atoms with Crippen molar-refractivity contribution in [2.45, 2.75) is 39.2 Å². The Kier molecular flexibility index (Phi) is 5.33. The summed E-state index contributed by atoms with van der Waals surface area (Å²) < 4.78 is 11.2. The average Bonchev–Trinajstić information content (AvgIpc) is 3.06. The first-order valence-electron chi connectivity index (χ1n) is 11.8. The number of benzene rings is 1. The lowest BCUT2D eigenvalue weighted by atomic mass is 9.62. The van der Waals surface area contributed by atoms with Crippen molar-refractivity contribution in [2.24, 2.45) is 17.3 Å². The molecule has 0 bridgehead atoms. The predicted molar refractivity (Wildman–Crippen MR) is 121 cm³/mol. The number of hydrogen-bond donors (Lipinski definition) is 1. The van der Waals surface area contributed by atoms with Crippen molar-refractivity contribution in [3.8, 4) is 5.75 Å². The lowest BCUT2D eigenvalue weighted by Gasteiger charge is -2.43. The van der Waals surface area contributed by atoms with Gasteiger partial charge in [0.05, 0.1) is 39.8 Å². The van der Waals surface area contributed by atoms with Gasteiger partial charge in [0.15, 0.2) is 0 Å². The fraction of sp³-hybridized carbons (Fsp3) is 0.577. The Morgan fingerprint density at radius 3 is 2.68 bits per heavy atom. The van der Waals surface area contributed by atoms with E-state index < -0.39 is 0 Å². The van der Waals surface area contributed by atoms with Gasteiger partial charge in [-0.1, -0.05) is 24.6 Å². The number of esters is 1. The molecule has 0 amide bonds. The van der Waals surface area contributed by atoms with E-state index in [1.807, 2.05) is 12.1 Å². The summed E-state index contributed by atoms with van der Waals surface area (Å²) in [7, 11) is 1.70. The number of rotatable bonds is 4. The molecule has 5 nitrogen and oxygen atoms in total. The van der Waals surface area contributed by atoms with E-state index in [4.69, 9.17) is 9.47 Å². The Morgan fingerprint density at radius 2 is 1.97 bits per heavy atom. The van der Waals surface area contributed by atoms with Gasteiger partial charge >= 0.3 is 5.97 Å². The summed E-state index contributed by atoms with van der Waals surface area (Å²) in [5.41, 5.74) is 4.30. The number of nitrogens with one attached hydrogen (secondary N) is 1. The number of methoxy groups -OCH3 is 1. The van der Waals surface area contributed by atoms with Crippen molar-refractivity contribution in [3.05, 3.63) is 47.6 Å².